The lowest BCUT2D eigenvalue weighted by atomic mass is 11.0. The van der Waals surface area contributed by atoms with Gasteiger partial charge in [0.05, 0.1) is 12.4 Å². The molecule has 58 valence electrons. The number of hydrogen-bond donors (Lipinski definition) is 1. The zero-order chi connectivity index (χ0) is 6.91. The zero-order valence-corrected chi connectivity index (χ0v) is 6.21. The summed E-state index contributed by atoms with van der Waals surface area (Å²) in [7, 11) is -4.27. The maximum absolute atomic E-state index is 10.1. The molecule has 0 aliphatic heterocycles. The number of halogens is 1. The molecule has 1 rings (SSSR count). The van der Waals surface area contributed by atoms with Gasteiger partial charge in [0.2, 0.25) is 0 Å². The number of rotatable bonds is 1. The molecule has 0 fully saturated rings. The van der Waals surface area contributed by atoms with Crippen molar-refractivity contribution >= 4 is 22.7 Å². The molecule has 0 unspecified atom stereocenters. The van der Waals surface area contributed by atoms with Crippen LogP contribution in [-0.2, 0) is 10.3 Å². The minimum Gasteiger partial charge on any atom is -0.267 e. The molecule has 0 aromatic carbocycles. The van der Waals surface area contributed by atoms with Crippen molar-refractivity contribution in [1.29, 1.82) is 0 Å². The quantitative estimate of drug-likeness (QED) is 0.588. The van der Waals surface area contributed by atoms with Crippen molar-refractivity contribution in [3.63, 3.8) is 0 Å². The summed E-state index contributed by atoms with van der Waals surface area (Å²) in [5, 5.41) is 6.31. The predicted molar refractivity (Wildman–Crippen MR) is 34.2 cm³/mol. The first-order valence-electron chi connectivity index (χ1n) is 1.95. The van der Waals surface area contributed by atoms with Gasteiger partial charge in [0.15, 0.2) is 0 Å². The summed E-state index contributed by atoms with van der Waals surface area (Å²) in [6, 6.07) is 0. The third kappa shape index (κ3) is 1.94. The third-order valence-electron chi connectivity index (χ3n) is 0.604. The Hall–Kier alpha value is -0.660. The number of hydrogen-bond acceptors (Lipinski definition) is 4. The van der Waals surface area contributed by atoms with Gasteiger partial charge in [0.1, 0.15) is 0 Å². The smallest absolute Gasteiger partial charge is 0.267 e. The molecular formula is C2H4ClN3O3S. The van der Waals surface area contributed by atoms with Crippen molar-refractivity contribution in [2.24, 2.45) is 0 Å². The van der Waals surface area contributed by atoms with E-state index in [1.807, 2.05) is 0 Å². The van der Waals surface area contributed by atoms with Crippen LogP contribution in [0.25, 0.3) is 0 Å². The van der Waals surface area contributed by atoms with E-state index in [4.69, 9.17) is 4.55 Å². The van der Waals surface area contributed by atoms with Gasteiger partial charge >= 0.3 is 10.3 Å². The molecule has 0 radical (unpaired) electrons. The molecule has 0 spiro atoms. The van der Waals surface area contributed by atoms with E-state index in [9.17, 15) is 8.42 Å². The van der Waals surface area contributed by atoms with Gasteiger partial charge in [-0.1, -0.05) is 0 Å². The highest BCUT2D eigenvalue weighted by Gasteiger charge is 2.06. The second kappa shape index (κ2) is 2.95. The highest BCUT2D eigenvalue weighted by Crippen LogP contribution is 1.82. The maximum atomic E-state index is 10.1. The molecule has 0 saturated carbocycles. The Kier molecular flexibility index (Phi) is 2.76. The second-order valence-electron chi connectivity index (χ2n) is 1.23. The van der Waals surface area contributed by atoms with Crippen molar-refractivity contribution in [3.05, 3.63) is 12.4 Å². The van der Waals surface area contributed by atoms with Crippen LogP contribution in [0, 0.1) is 0 Å². The van der Waals surface area contributed by atoms with Crippen LogP contribution < -0.4 is 0 Å². The van der Waals surface area contributed by atoms with Gasteiger partial charge in [-0.15, -0.1) is 22.6 Å². The van der Waals surface area contributed by atoms with Crippen molar-refractivity contribution < 1.29 is 13.0 Å². The summed E-state index contributed by atoms with van der Waals surface area (Å²) in [6.07, 6.45) is 2.29. The zero-order valence-electron chi connectivity index (χ0n) is 4.58. The Morgan fingerprint density at radius 1 is 1.30 bits per heavy atom. The SMILES string of the molecule is Cl.O=S(=O)(O)n1nccn1. The fourth-order valence-corrected chi connectivity index (χ4v) is 0.670. The second-order valence-corrected chi connectivity index (χ2v) is 2.45. The van der Waals surface area contributed by atoms with E-state index in [-0.39, 0.29) is 16.6 Å². The maximum Gasteiger partial charge on any atom is 0.395 e. The lowest BCUT2D eigenvalue weighted by molar-refractivity contribution is 0.456. The van der Waals surface area contributed by atoms with Crippen molar-refractivity contribution in [1.82, 2.24) is 14.4 Å². The third-order valence-corrected chi connectivity index (χ3v) is 1.21. The van der Waals surface area contributed by atoms with Crippen LogP contribution in [0.15, 0.2) is 12.4 Å². The minimum absolute atomic E-state index is 0. The van der Waals surface area contributed by atoms with Crippen LogP contribution in [0.3, 0.4) is 0 Å². The topological polar surface area (TPSA) is 85.1 Å². The molecular weight excluding hydrogens is 182 g/mol. The van der Waals surface area contributed by atoms with E-state index in [0.29, 0.717) is 0 Å². The first-order valence-corrected chi connectivity index (χ1v) is 3.35. The van der Waals surface area contributed by atoms with Crippen molar-refractivity contribution in [3.8, 4) is 0 Å². The van der Waals surface area contributed by atoms with Gasteiger partial charge in [-0.3, -0.25) is 4.55 Å². The Balaban J connectivity index is 0.000000810. The van der Waals surface area contributed by atoms with Gasteiger partial charge in [-0.25, -0.2) is 0 Å². The Bertz CT molecular complexity index is 279. The average Bonchev–Trinajstić information content (AvgIpc) is 2.08. The highest BCUT2D eigenvalue weighted by atomic mass is 35.5. The van der Waals surface area contributed by atoms with Crippen LogP contribution in [-0.4, -0.2) is 27.4 Å². The predicted octanol–water partition coefficient (Wildman–Crippen LogP) is -0.649. The van der Waals surface area contributed by atoms with Crippen LogP contribution in [0.5, 0.6) is 0 Å². The van der Waals surface area contributed by atoms with Gasteiger partial charge in [-0.2, -0.15) is 8.42 Å². The summed E-state index contributed by atoms with van der Waals surface area (Å²) >= 11 is 0. The molecule has 0 bridgehead atoms. The van der Waals surface area contributed by atoms with Crippen LogP contribution in [0.4, 0.5) is 0 Å². The Morgan fingerprint density at radius 2 is 1.70 bits per heavy atom. The molecule has 1 N–H and O–H groups in total. The Morgan fingerprint density at radius 3 is 1.90 bits per heavy atom. The van der Waals surface area contributed by atoms with Crippen LogP contribution in [0.2, 0.25) is 0 Å². The monoisotopic (exact) mass is 185 g/mol. The average molecular weight is 186 g/mol. The number of nitrogens with zero attached hydrogens (tertiary/aromatic N) is 3. The molecule has 0 aliphatic carbocycles. The largest absolute Gasteiger partial charge is 0.395 e. The molecule has 1 aromatic heterocycles. The van der Waals surface area contributed by atoms with E-state index in [0.717, 1.165) is 12.4 Å². The molecule has 6 nitrogen and oxygen atoms in total. The summed E-state index contributed by atoms with van der Waals surface area (Å²) in [6.45, 7) is 0. The molecule has 0 amide bonds. The molecule has 1 aromatic rings. The van der Waals surface area contributed by atoms with Crippen molar-refractivity contribution in [2.75, 3.05) is 0 Å². The van der Waals surface area contributed by atoms with Gasteiger partial charge in [-0.05, 0) is 4.20 Å². The minimum atomic E-state index is -4.27. The van der Waals surface area contributed by atoms with E-state index < -0.39 is 10.3 Å². The highest BCUT2D eigenvalue weighted by molar-refractivity contribution is 7.84. The summed E-state index contributed by atoms with van der Waals surface area (Å²) < 4.78 is 28.6. The molecule has 0 aliphatic rings. The number of aromatic nitrogens is 3. The fourth-order valence-electron chi connectivity index (χ4n) is 0.323. The Labute approximate surface area is 63.1 Å². The van der Waals surface area contributed by atoms with Crippen LogP contribution >= 0.6 is 12.4 Å². The molecule has 8 heteroatoms. The first kappa shape index (κ1) is 9.34. The first-order chi connectivity index (χ1) is 4.11. The molecule has 10 heavy (non-hydrogen) atoms. The van der Waals surface area contributed by atoms with E-state index in [1.54, 1.807) is 0 Å². The van der Waals surface area contributed by atoms with E-state index in [1.165, 1.54) is 0 Å². The van der Waals surface area contributed by atoms with Gasteiger partial charge in [0, 0.05) is 0 Å². The standard InChI is InChI=1S/C2H3N3O3S.ClH/c6-9(7,8)5-3-1-2-4-5;/h1-2H,(H,6,7,8);1H. The van der Waals surface area contributed by atoms with Gasteiger partial charge < -0.3 is 0 Å². The summed E-state index contributed by atoms with van der Waals surface area (Å²) in [4.78, 5) is 0. The fraction of sp³-hybridized carbons (Fsp3) is 0. The molecule has 0 atom stereocenters. The molecule has 0 saturated heterocycles. The van der Waals surface area contributed by atoms with E-state index in [2.05, 4.69) is 10.2 Å². The van der Waals surface area contributed by atoms with Crippen molar-refractivity contribution in [2.45, 2.75) is 0 Å². The van der Waals surface area contributed by atoms with E-state index >= 15 is 0 Å². The lowest BCUT2D eigenvalue weighted by Crippen LogP contribution is -2.13. The van der Waals surface area contributed by atoms with Gasteiger partial charge in [0.25, 0.3) is 0 Å². The summed E-state index contributed by atoms with van der Waals surface area (Å²) in [5.74, 6) is 0. The van der Waals surface area contributed by atoms with Crippen LogP contribution in [0.1, 0.15) is 0 Å². The molecule has 1 heterocycles. The summed E-state index contributed by atoms with van der Waals surface area (Å²) in [5.41, 5.74) is 0. The lowest BCUT2D eigenvalue weighted by Gasteiger charge is -1.88. The normalized spacial score (nSPS) is 10.5.